The van der Waals surface area contributed by atoms with Crippen LogP contribution in [-0.4, -0.2) is 57.1 Å². The molecule has 1 N–H and O–H groups in total. The molecule has 0 fully saturated rings. The van der Waals surface area contributed by atoms with Crippen LogP contribution >= 0.6 is 0 Å². The molecule has 0 aliphatic carbocycles. The third-order valence-electron chi connectivity index (χ3n) is 6.57. The minimum absolute atomic E-state index is 0.0563. The molecule has 0 saturated carbocycles. The van der Waals surface area contributed by atoms with Crippen LogP contribution in [0.2, 0.25) is 0 Å². The lowest BCUT2D eigenvalue weighted by molar-refractivity contribution is -0.140. The molecular weight excluding hydrogens is 502 g/mol. The zero-order chi connectivity index (χ0) is 28.7. The van der Waals surface area contributed by atoms with E-state index in [4.69, 9.17) is 4.74 Å². The molecule has 2 aromatic rings. The van der Waals surface area contributed by atoms with Gasteiger partial charge in [0.1, 0.15) is 18.3 Å². The Bertz CT molecular complexity index is 1190. The van der Waals surface area contributed by atoms with E-state index in [2.05, 4.69) is 26.1 Å². The van der Waals surface area contributed by atoms with E-state index in [1.807, 2.05) is 45.0 Å². The number of ether oxygens (including phenoxy) is 1. The summed E-state index contributed by atoms with van der Waals surface area (Å²) in [6.45, 7) is 11.6. The van der Waals surface area contributed by atoms with Gasteiger partial charge in [0.15, 0.2) is 0 Å². The van der Waals surface area contributed by atoms with Gasteiger partial charge in [-0.3, -0.25) is 13.9 Å². The van der Waals surface area contributed by atoms with Crippen molar-refractivity contribution in [3.05, 3.63) is 59.7 Å². The highest BCUT2D eigenvalue weighted by molar-refractivity contribution is 7.92. The average molecular weight is 546 g/mol. The first-order valence-corrected chi connectivity index (χ1v) is 14.9. The standard InChI is InChI=1S/C29H43N3O5S/c1-9-21(3)30-28(34)26(10-2)31(19-22-12-11-13-25(18-22)37-7)27(33)20-32(38(8,35)36)24-16-14-23(15-17-24)29(4,5)6/h11-18,21,26H,9-10,19-20H2,1-8H3,(H,30,34)/t21-,26+/m1/s1. The number of amides is 2. The van der Waals surface area contributed by atoms with E-state index in [-0.39, 0.29) is 23.9 Å². The molecule has 2 rings (SSSR count). The molecule has 0 spiro atoms. The number of hydrogen-bond acceptors (Lipinski definition) is 5. The number of benzene rings is 2. The third kappa shape index (κ3) is 8.48. The van der Waals surface area contributed by atoms with Gasteiger partial charge in [0.2, 0.25) is 21.8 Å². The molecule has 2 amide bonds. The van der Waals surface area contributed by atoms with Crippen LogP contribution < -0.4 is 14.4 Å². The van der Waals surface area contributed by atoms with Crippen LogP contribution in [0.3, 0.4) is 0 Å². The van der Waals surface area contributed by atoms with Gasteiger partial charge in [-0.25, -0.2) is 8.42 Å². The Morgan fingerprint density at radius 2 is 1.66 bits per heavy atom. The Balaban J connectivity index is 2.47. The molecular formula is C29H43N3O5S. The third-order valence-corrected chi connectivity index (χ3v) is 7.72. The van der Waals surface area contributed by atoms with E-state index in [9.17, 15) is 18.0 Å². The highest BCUT2D eigenvalue weighted by Crippen LogP contribution is 2.26. The largest absolute Gasteiger partial charge is 0.497 e. The summed E-state index contributed by atoms with van der Waals surface area (Å²) >= 11 is 0. The number of hydrogen-bond donors (Lipinski definition) is 1. The maximum absolute atomic E-state index is 13.8. The summed E-state index contributed by atoms with van der Waals surface area (Å²) in [7, 11) is -2.23. The molecule has 0 bridgehead atoms. The van der Waals surface area contributed by atoms with Gasteiger partial charge in [-0.05, 0) is 60.6 Å². The predicted octanol–water partition coefficient (Wildman–Crippen LogP) is 4.48. The molecule has 38 heavy (non-hydrogen) atoms. The molecule has 0 aliphatic rings. The van der Waals surface area contributed by atoms with Gasteiger partial charge in [-0.1, -0.05) is 58.9 Å². The lowest BCUT2D eigenvalue weighted by Gasteiger charge is -2.33. The van der Waals surface area contributed by atoms with E-state index >= 15 is 0 Å². The number of anilines is 1. The molecule has 0 aromatic heterocycles. The van der Waals surface area contributed by atoms with Crippen LogP contribution in [0.25, 0.3) is 0 Å². The molecule has 210 valence electrons. The number of nitrogens with one attached hydrogen (secondary N) is 1. The Kier molecular flexibility index (Phi) is 10.8. The van der Waals surface area contributed by atoms with Crippen molar-refractivity contribution in [2.45, 2.75) is 78.4 Å². The number of rotatable bonds is 12. The van der Waals surface area contributed by atoms with Crippen molar-refractivity contribution in [2.24, 2.45) is 0 Å². The van der Waals surface area contributed by atoms with Crippen molar-refractivity contribution in [3.63, 3.8) is 0 Å². The number of methoxy groups -OCH3 is 1. The minimum atomic E-state index is -3.79. The van der Waals surface area contributed by atoms with Crippen LogP contribution in [-0.2, 0) is 31.6 Å². The summed E-state index contributed by atoms with van der Waals surface area (Å²) < 4.78 is 32.1. The zero-order valence-electron chi connectivity index (χ0n) is 23.9. The van der Waals surface area contributed by atoms with Crippen molar-refractivity contribution in [3.8, 4) is 5.75 Å². The Hall–Kier alpha value is -3.07. The second-order valence-corrected chi connectivity index (χ2v) is 12.6. The normalized spacial score (nSPS) is 13.4. The fraction of sp³-hybridized carbons (Fsp3) is 0.517. The first-order valence-electron chi connectivity index (χ1n) is 13.0. The van der Waals surface area contributed by atoms with Gasteiger partial charge in [0, 0.05) is 12.6 Å². The molecule has 9 heteroatoms. The number of sulfonamides is 1. The molecule has 0 aliphatic heterocycles. The topological polar surface area (TPSA) is 96.0 Å². The van der Waals surface area contributed by atoms with Crippen molar-refractivity contribution in [1.29, 1.82) is 0 Å². The lowest BCUT2D eigenvalue weighted by Crippen LogP contribution is -2.53. The molecule has 0 radical (unpaired) electrons. The molecule has 0 unspecified atom stereocenters. The first-order chi connectivity index (χ1) is 17.7. The second kappa shape index (κ2) is 13.1. The van der Waals surface area contributed by atoms with Gasteiger partial charge >= 0.3 is 0 Å². The van der Waals surface area contributed by atoms with Crippen molar-refractivity contribution < 1.29 is 22.7 Å². The van der Waals surface area contributed by atoms with Gasteiger partial charge in [-0.2, -0.15) is 0 Å². The number of nitrogens with zero attached hydrogens (tertiary/aromatic N) is 2. The summed E-state index contributed by atoms with van der Waals surface area (Å²) in [5.41, 5.74) is 2.11. The SMILES string of the molecule is CC[C@@H](C)NC(=O)[C@H](CC)N(Cc1cccc(OC)c1)C(=O)CN(c1ccc(C(C)(C)C)cc1)S(C)(=O)=O. The fourth-order valence-corrected chi connectivity index (χ4v) is 4.92. The summed E-state index contributed by atoms with van der Waals surface area (Å²) in [6, 6.07) is 13.6. The van der Waals surface area contributed by atoms with Gasteiger partial charge in [0.25, 0.3) is 0 Å². The van der Waals surface area contributed by atoms with Crippen molar-refractivity contribution >= 4 is 27.5 Å². The molecule has 2 atom stereocenters. The molecule has 0 saturated heterocycles. The average Bonchev–Trinajstić information content (AvgIpc) is 2.85. The Morgan fingerprint density at radius 1 is 1.03 bits per heavy atom. The lowest BCUT2D eigenvalue weighted by atomic mass is 9.87. The van der Waals surface area contributed by atoms with Gasteiger partial charge in [-0.15, -0.1) is 0 Å². The minimum Gasteiger partial charge on any atom is -0.497 e. The quantitative estimate of drug-likeness (QED) is 0.424. The van der Waals surface area contributed by atoms with Crippen molar-refractivity contribution in [2.75, 3.05) is 24.2 Å². The molecule has 2 aromatic carbocycles. The van der Waals surface area contributed by atoms with Gasteiger partial charge in [0.05, 0.1) is 19.1 Å². The van der Waals surface area contributed by atoms with Crippen LogP contribution in [0.4, 0.5) is 5.69 Å². The second-order valence-electron chi connectivity index (χ2n) is 10.7. The summed E-state index contributed by atoms with van der Waals surface area (Å²) in [4.78, 5) is 28.5. The van der Waals surface area contributed by atoms with E-state index in [1.165, 1.54) is 4.90 Å². The predicted molar refractivity (Wildman–Crippen MR) is 153 cm³/mol. The number of carbonyl (C=O) groups excluding carboxylic acids is 2. The van der Waals surface area contributed by atoms with Crippen molar-refractivity contribution in [1.82, 2.24) is 10.2 Å². The van der Waals surface area contributed by atoms with Crippen LogP contribution in [0.5, 0.6) is 5.75 Å². The Morgan fingerprint density at radius 3 is 2.16 bits per heavy atom. The van der Waals surface area contributed by atoms with Crippen LogP contribution in [0.1, 0.15) is 65.5 Å². The maximum Gasteiger partial charge on any atom is 0.244 e. The number of carbonyl (C=O) groups is 2. The monoisotopic (exact) mass is 545 g/mol. The fourth-order valence-electron chi connectivity index (χ4n) is 4.07. The highest BCUT2D eigenvalue weighted by Gasteiger charge is 2.32. The summed E-state index contributed by atoms with van der Waals surface area (Å²) in [5, 5.41) is 2.97. The highest BCUT2D eigenvalue weighted by atomic mass is 32.2. The van der Waals surface area contributed by atoms with E-state index in [0.717, 1.165) is 28.1 Å². The summed E-state index contributed by atoms with van der Waals surface area (Å²) in [5.74, 6) is -0.105. The Labute approximate surface area is 228 Å². The smallest absolute Gasteiger partial charge is 0.244 e. The van der Waals surface area contributed by atoms with E-state index < -0.39 is 28.5 Å². The molecule has 0 heterocycles. The van der Waals surface area contributed by atoms with E-state index in [1.54, 1.807) is 31.4 Å². The zero-order valence-corrected chi connectivity index (χ0v) is 24.8. The van der Waals surface area contributed by atoms with Gasteiger partial charge < -0.3 is 15.0 Å². The first kappa shape index (κ1) is 31.1. The maximum atomic E-state index is 13.8. The molecule has 8 nitrogen and oxygen atoms in total. The summed E-state index contributed by atoms with van der Waals surface area (Å²) in [6.07, 6.45) is 2.20. The van der Waals surface area contributed by atoms with Crippen LogP contribution in [0.15, 0.2) is 48.5 Å². The van der Waals surface area contributed by atoms with Crippen LogP contribution in [0, 0.1) is 0 Å². The van der Waals surface area contributed by atoms with E-state index in [0.29, 0.717) is 17.9 Å².